The summed E-state index contributed by atoms with van der Waals surface area (Å²) in [7, 11) is 1.47. The fourth-order valence-electron chi connectivity index (χ4n) is 3.51. The molecule has 0 bridgehead atoms. The molecule has 1 aliphatic rings. The first kappa shape index (κ1) is 21.8. The van der Waals surface area contributed by atoms with Crippen molar-refractivity contribution in [2.45, 2.75) is 38.6 Å². The number of hydrogen-bond acceptors (Lipinski definition) is 4. The van der Waals surface area contributed by atoms with E-state index in [0.29, 0.717) is 31.4 Å². The van der Waals surface area contributed by atoms with Crippen molar-refractivity contribution in [1.29, 1.82) is 0 Å². The number of halogens is 2. The van der Waals surface area contributed by atoms with Crippen molar-refractivity contribution in [2.24, 2.45) is 5.41 Å². The summed E-state index contributed by atoms with van der Waals surface area (Å²) in [6.45, 7) is 1.86. The molecular weight excluding hydrogens is 413 g/mol. The van der Waals surface area contributed by atoms with Crippen molar-refractivity contribution >= 4 is 35.0 Å². The predicted molar refractivity (Wildman–Crippen MR) is 110 cm³/mol. The molecule has 4 N–H and O–H groups in total. The third-order valence-corrected chi connectivity index (χ3v) is 5.77. The van der Waals surface area contributed by atoms with Gasteiger partial charge in [-0.05, 0) is 43.9 Å². The minimum Gasteiger partial charge on any atom is -0.354 e. The monoisotopic (exact) mass is 435 g/mol. The summed E-state index contributed by atoms with van der Waals surface area (Å²) in [5.41, 5.74) is -0.143. The standard InChI is InChI=1S/C20H23ClFN5O3/c1-20(19(30)27-14-4-3-11(22)9-13(14)21)7-5-12(6-8-20)26-18(29)16-15(17(28)23-2)24-10-25-16/h3-4,9-10,12H,5-8H2,1-2H3,(H,23,28)(H,24,25)(H,26,29)(H,27,30)/t12-,20+. The van der Waals surface area contributed by atoms with Crippen LogP contribution in [0.5, 0.6) is 0 Å². The molecule has 0 spiro atoms. The minimum absolute atomic E-state index is 0.0337. The number of hydrogen-bond donors (Lipinski definition) is 4. The summed E-state index contributed by atoms with van der Waals surface area (Å²) in [6, 6.07) is 3.67. The van der Waals surface area contributed by atoms with Crippen LogP contribution in [-0.4, -0.2) is 40.8 Å². The van der Waals surface area contributed by atoms with E-state index in [-0.39, 0.29) is 28.4 Å². The average molecular weight is 436 g/mol. The van der Waals surface area contributed by atoms with Crippen LogP contribution in [0.2, 0.25) is 5.02 Å². The van der Waals surface area contributed by atoms with Gasteiger partial charge in [0.1, 0.15) is 11.5 Å². The molecule has 0 atom stereocenters. The lowest BCUT2D eigenvalue weighted by Crippen LogP contribution is -2.44. The Kier molecular flexibility index (Phi) is 6.40. The Hall–Kier alpha value is -2.94. The van der Waals surface area contributed by atoms with Crippen molar-refractivity contribution < 1.29 is 18.8 Å². The topological polar surface area (TPSA) is 116 Å². The number of benzene rings is 1. The zero-order valence-electron chi connectivity index (χ0n) is 16.6. The second kappa shape index (κ2) is 8.83. The molecule has 0 aliphatic heterocycles. The Morgan fingerprint density at radius 3 is 2.57 bits per heavy atom. The van der Waals surface area contributed by atoms with E-state index in [2.05, 4.69) is 25.9 Å². The van der Waals surface area contributed by atoms with Gasteiger partial charge in [-0.2, -0.15) is 0 Å². The van der Waals surface area contributed by atoms with Gasteiger partial charge in [-0.1, -0.05) is 18.5 Å². The molecule has 8 nitrogen and oxygen atoms in total. The van der Waals surface area contributed by atoms with E-state index in [1.54, 1.807) is 0 Å². The van der Waals surface area contributed by atoms with Gasteiger partial charge in [0, 0.05) is 18.5 Å². The van der Waals surface area contributed by atoms with Crippen molar-refractivity contribution in [3.05, 3.63) is 46.8 Å². The van der Waals surface area contributed by atoms with Crippen LogP contribution in [0.25, 0.3) is 0 Å². The second-order valence-corrected chi connectivity index (χ2v) is 8.00. The van der Waals surface area contributed by atoms with Crippen LogP contribution in [0.4, 0.5) is 10.1 Å². The minimum atomic E-state index is -0.640. The quantitative estimate of drug-likeness (QED) is 0.577. The average Bonchev–Trinajstić information content (AvgIpc) is 3.21. The van der Waals surface area contributed by atoms with Crippen molar-refractivity contribution in [3.63, 3.8) is 0 Å². The van der Waals surface area contributed by atoms with Crippen LogP contribution in [-0.2, 0) is 4.79 Å². The summed E-state index contributed by atoms with van der Waals surface area (Å²) in [5.74, 6) is -1.54. The van der Waals surface area contributed by atoms with Gasteiger partial charge in [-0.3, -0.25) is 14.4 Å². The summed E-state index contributed by atoms with van der Waals surface area (Å²) < 4.78 is 13.2. The molecule has 0 unspecified atom stereocenters. The van der Waals surface area contributed by atoms with Crippen LogP contribution in [0, 0.1) is 11.2 Å². The number of imidazole rings is 1. The van der Waals surface area contributed by atoms with Gasteiger partial charge < -0.3 is 20.9 Å². The molecule has 1 aliphatic carbocycles. The van der Waals surface area contributed by atoms with Crippen molar-refractivity contribution in [1.82, 2.24) is 20.6 Å². The molecule has 1 saturated carbocycles. The van der Waals surface area contributed by atoms with E-state index in [0.717, 1.165) is 6.07 Å². The Morgan fingerprint density at radius 2 is 1.93 bits per heavy atom. The van der Waals surface area contributed by atoms with E-state index in [1.165, 1.54) is 25.5 Å². The molecule has 160 valence electrons. The Morgan fingerprint density at radius 1 is 1.23 bits per heavy atom. The molecule has 3 amide bonds. The van der Waals surface area contributed by atoms with Crippen molar-refractivity contribution in [2.75, 3.05) is 12.4 Å². The number of nitrogens with zero attached hydrogens (tertiary/aromatic N) is 1. The first-order valence-corrected chi connectivity index (χ1v) is 9.94. The molecule has 2 aromatic rings. The summed E-state index contributed by atoms with van der Waals surface area (Å²) in [6.07, 6.45) is 3.57. The van der Waals surface area contributed by atoms with E-state index >= 15 is 0 Å². The molecule has 1 aromatic heterocycles. The van der Waals surface area contributed by atoms with Gasteiger partial charge in [0.05, 0.1) is 17.0 Å². The zero-order chi connectivity index (χ0) is 21.9. The predicted octanol–water partition coefficient (Wildman–Crippen LogP) is 2.88. The maximum absolute atomic E-state index is 13.2. The molecule has 10 heteroatoms. The Balaban J connectivity index is 1.58. The molecule has 0 radical (unpaired) electrons. The van der Waals surface area contributed by atoms with Gasteiger partial charge in [-0.25, -0.2) is 9.37 Å². The van der Waals surface area contributed by atoms with Crippen LogP contribution >= 0.6 is 11.6 Å². The number of carbonyl (C=O) groups excluding carboxylic acids is 3. The highest BCUT2D eigenvalue weighted by Gasteiger charge is 2.38. The SMILES string of the molecule is CNC(=O)c1[nH]cnc1C(=O)N[C@H]1CC[C@@](C)(C(=O)Nc2ccc(F)cc2Cl)CC1. The third kappa shape index (κ3) is 4.62. The molecule has 1 fully saturated rings. The highest BCUT2D eigenvalue weighted by atomic mass is 35.5. The first-order chi connectivity index (χ1) is 14.2. The number of rotatable bonds is 5. The normalized spacial score (nSPS) is 21.0. The highest BCUT2D eigenvalue weighted by Crippen LogP contribution is 2.37. The van der Waals surface area contributed by atoms with Crippen LogP contribution < -0.4 is 16.0 Å². The van der Waals surface area contributed by atoms with Gasteiger partial charge in [0.15, 0.2) is 5.69 Å². The molecule has 1 aromatic carbocycles. The van der Waals surface area contributed by atoms with Gasteiger partial charge in [0.25, 0.3) is 11.8 Å². The van der Waals surface area contributed by atoms with E-state index < -0.39 is 23.0 Å². The molecule has 3 rings (SSSR count). The lowest BCUT2D eigenvalue weighted by molar-refractivity contribution is -0.126. The first-order valence-electron chi connectivity index (χ1n) is 9.56. The number of anilines is 1. The number of amides is 3. The van der Waals surface area contributed by atoms with Crippen LogP contribution in [0.15, 0.2) is 24.5 Å². The fourth-order valence-corrected chi connectivity index (χ4v) is 3.72. The van der Waals surface area contributed by atoms with Crippen molar-refractivity contribution in [3.8, 4) is 0 Å². The molecule has 30 heavy (non-hydrogen) atoms. The van der Waals surface area contributed by atoms with E-state index in [9.17, 15) is 18.8 Å². The maximum atomic E-state index is 13.2. The fraction of sp³-hybridized carbons (Fsp3) is 0.400. The largest absolute Gasteiger partial charge is 0.354 e. The van der Waals surface area contributed by atoms with Gasteiger partial charge in [0.2, 0.25) is 5.91 Å². The Labute approximate surface area is 178 Å². The van der Waals surface area contributed by atoms with Gasteiger partial charge in [-0.15, -0.1) is 0 Å². The smallest absolute Gasteiger partial charge is 0.272 e. The Bertz CT molecular complexity index is 969. The maximum Gasteiger partial charge on any atom is 0.272 e. The molecule has 1 heterocycles. The number of nitrogens with one attached hydrogen (secondary N) is 4. The lowest BCUT2D eigenvalue weighted by atomic mass is 9.73. The van der Waals surface area contributed by atoms with E-state index in [1.807, 2.05) is 6.92 Å². The van der Waals surface area contributed by atoms with Crippen LogP contribution in [0.3, 0.4) is 0 Å². The lowest BCUT2D eigenvalue weighted by Gasteiger charge is -2.36. The second-order valence-electron chi connectivity index (χ2n) is 7.59. The number of aromatic amines is 1. The molecule has 0 saturated heterocycles. The number of aromatic nitrogens is 2. The summed E-state index contributed by atoms with van der Waals surface area (Å²) in [4.78, 5) is 43.7. The van der Waals surface area contributed by atoms with Crippen LogP contribution in [0.1, 0.15) is 53.6 Å². The molecular formula is C20H23ClFN5O3. The zero-order valence-corrected chi connectivity index (χ0v) is 17.4. The number of carbonyl (C=O) groups is 3. The van der Waals surface area contributed by atoms with Gasteiger partial charge >= 0.3 is 0 Å². The summed E-state index contributed by atoms with van der Waals surface area (Å²) in [5, 5.41) is 8.24. The highest BCUT2D eigenvalue weighted by molar-refractivity contribution is 6.33. The summed E-state index contributed by atoms with van der Waals surface area (Å²) >= 11 is 5.99. The number of H-pyrrole nitrogens is 1. The third-order valence-electron chi connectivity index (χ3n) is 5.46. The van der Waals surface area contributed by atoms with E-state index in [4.69, 9.17) is 11.6 Å².